The first-order chi connectivity index (χ1) is 20.1. The third-order valence-electron chi connectivity index (χ3n) is 9.39. The predicted octanol–water partition coefficient (Wildman–Crippen LogP) is 5.45. The van der Waals surface area contributed by atoms with E-state index in [-0.39, 0.29) is 30.2 Å². The van der Waals surface area contributed by atoms with Crippen molar-refractivity contribution in [3.63, 3.8) is 0 Å². The SMILES string of the molecule is CC1=Cc2c(-c3ccccc3)cccc2[CH]1[Zr+2]([CH]1C(C(C)C)=Cc2c(-c3ccc(C(C)(C)C)cc3)cccc21)=[Si](C)C.[Cl-].[Cl-]. The molecule has 0 N–H and O–H groups in total. The van der Waals surface area contributed by atoms with Crippen LogP contribution in [0.15, 0.2) is 102 Å². The fraction of sp³-hybridized carbons (Fsp3) is 0.300. The van der Waals surface area contributed by atoms with Crippen LogP contribution < -0.4 is 24.8 Å². The van der Waals surface area contributed by atoms with Gasteiger partial charge in [-0.25, -0.2) is 0 Å². The van der Waals surface area contributed by atoms with Gasteiger partial charge in [0.25, 0.3) is 0 Å². The van der Waals surface area contributed by atoms with E-state index in [1.54, 1.807) is 22.3 Å². The molecule has 0 heterocycles. The topological polar surface area (TPSA) is 0 Å². The number of allylic oxidation sites excluding steroid dienone is 2. The van der Waals surface area contributed by atoms with Crippen LogP contribution >= 0.6 is 0 Å². The first kappa shape index (κ1) is 34.9. The molecule has 6 rings (SSSR count). The van der Waals surface area contributed by atoms with Gasteiger partial charge in [0.05, 0.1) is 0 Å². The van der Waals surface area contributed by atoms with Crippen LogP contribution in [0.2, 0.25) is 13.1 Å². The molecule has 2 unspecified atom stereocenters. The molecule has 0 aromatic heterocycles. The van der Waals surface area contributed by atoms with Gasteiger partial charge in [-0.05, 0) is 0 Å². The average molecular weight is 715 g/mol. The molecule has 0 aliphatic heterocycles. The van der Waals surface area contributed by atoms with Crippen LogP contribution in [0.5, 0.6) is 0 Å². The normalized spacial score (nSPS) is 16.5. The summed E-state index contributed by atoms with van der Waals surface area (Å²) in [5.74, 6) is 0.552. The minimum absolute atomic E-state index is 0. The summed E-state index contributed by atoms with van der Waals surface area (Å²) in [5, 5.41) is 0. The Bertz CT molecular complexity index is 1750. The number of benzene rings is 4. The maximum Gasteiger partial charge on any atom is -1.00 e. The molecule has 4 heteroatoms. The Hall–Kier alpha value is -1.96. The quantitative estimate of drug-likeness (QED) is 0.242. The van der Waals surface area contributed by atoms with Gasteiger partial charge in [-0.15, -0.1) is 0 Å². The zero-order valence-corrected chi connectivity index (χ0v) is 32.3. The summed E-state index contributed by atoms with van der Waals surface area (Å²) in [6, 6.07) is 34.7. The smallest absolute Gasteiger partial charge is 1.00 e. The molecule has 0 radical (unpaired) electrons. The van der Waals surface area contributed by atoms with Gasteiger partial charge in [-0.2, -0.15) is 0 Å². The minimum atomic E-state index is -2.15. The van der Waals surface area contributed by atoms with Crippen molar-refractivity contribution in [2.24, 2.45) is 5.92 Å². The van der Waals surface area contributed by atoms with Crippen molar-refractivity contribution in [2.75, 3.05) is 0 Å². The molecule has 2 atom stereocenters. The van der Waals surface area contributed by atoms with E-state index in [1.165, 1.54) is 38.9 Å². The second-order valence-corrected chi connectivity index (χ2v) is 31.7. The van der Waals surface area contributed by atoms with Gasteiger partial charge in [0.2, 0.25) is 0 Å². The molecule has 4 aromatic carbocycles. The summed E-state index contributed by atoms with van der Waals surface area (Å²) in [4.78, 5) is 0. The Kier molecular flexibility index (Phi) is 11.0. The van der Waals surface area contributed by atoms with Crippen molar-refractivity contribution in [3.8, 4) is 22.3 Å². The monoisotopic (exact) mass is 712 g/mol. The number of rotatable bonds is 5. The van der Waals surface area contributed by atoms with Gasteiger partial charge in [-0.1, -0.05) is 0 Å². The maximum atomic E-state index is 2.64. The molecule has 0 nitrogen and oxygen atoms in total. The van der Waals surface area contributed by atoms with Crippen molar-refractivity contribution in [2.45, 2.75) is 67.3 Å². The molecule has 0 amide bonds. The summed E-state index contributed by atoms with van der Waals surface area (Å²) in [7, 11) is 0. The summed E-state index contributed by atoms with van der Waals surface area (Å²) in [6.45, 7) is 19.5. The standard InChI is InChI=1S/C22H25.C16H13.C2H6Si.2ClH.Zr/c1-15(2)18-13-17-7-6-8-20(21(17)14-18)16-9-11-19(12-10-16)22(3,4)5;1-12-10-14-8-5-9-15(16(14)11-12)13-6-3-2-4-7-13;1-3-2;;;/h6-15H,1-5H3;2-11H,1H3;1-2H3;2*1H;/q;;;;;+2/p-2. The van der Waals surface area contributed by atoms with Crippen molar-refractivity contribution >= 4 is 17.6 Å². The number of hydrogen-bond donors (Lipinski definition) is 0. The molecule has 0 saturated heterocycles. The summed E-state index contributed by atoms with van der Waals surface area (Å²) in [6.07, 6.45) is 5.17. The third-order valence-corrected chi connectivity index (χ3v) is 29.0. The summed E-state index contributed by atoms with van der Waals surface area (Å²) < 4.78 is 1.28. The minimum Gasteiger partial charge on any atom is -1.00 e. The van der Waals surface area contributed by atoms with E-state index >= 15 is 0 Å². The molecule has 226 valence electrons. The largest absolute Gasteiger partial charge is 1.00 e. The van der Waals surface area contributed by atoms with Gasteiger partial charge < -0.3 is 24.8 Å². The summed E-state index contributed by atoms with van der Waals surface area (Å²) in [5.41, 5.74) is 16.1. The average Bonchev–Trinajstić information content (AvgIpc) is 3.51. The van der Waals surface area contributed by atoms with E-state index in [9.17, 15) is 0 Å². The zero-order valence-electron chi connectivity index (χ0n) is 27.3. The molecule has 0 spiro atoms. The van der Waals surface area contributed by atoms with Crippen molar-refractivity contribution in [1.82, 2.24) is 0 Å². The van der Waals surface area contributed by atoms with Gasteiger partial charge in [0.15, 0.2) is 0 Å². The van der Waals surface area contributed by atoms with Crippen LogP contribution in [0.3, 0.4) is 0 Å². The van der Waals surface area contributed by atoms with Crippen molar-refractivity contribution in [1.29, 1.82) is 0 Å². The van der Waals surface area contributed by atoms with Crippen LogP contribution in [0.1, 0.15) is 76.6 Å². The van der Waals surface area contributed by atoms with Crippen LogP contribution in [-0.2, 0) is 25.8 Å². The van der Waals surface area contributed by atoms with Crippen LogP contribution in [0.25, 0.3) is 34.4 Å². The van der Waals surface area contributed by atoms with Crippen molar-refractivity contribution < 1.29 is 45.2 Å². The van der Waals surface area contributed by atoms with E-state index < -0.39 is 25.8 Å². The number of hydrogen-bond acceptors (Lipinski definition) is 0. The van der Waals surface area contributed by atoms with Gasteiger partial charge in [0, 0.05) is 0 Å². The van der Waals surface area contributed by atoms with Crippen LogP contribution in [0, 0.1) is 5.92 Å². The fourth-order valence-corrected chi connectivity index (χ4v) is 28.1. The molecule has 0 saturated carbocycles. The summed E-state index contributed by atoms with van der Waals surface area (Å²) >= 11 is -2.15. The molecule has 2 aliphatic rings. The molecule has 2 aliphatic carbocycles. The molecule has 0 bridgehead atoms. The Balaban J connectivity index is 0.00000221. The van der Waals surface area contributed by atoms with E-state index in [1.807, 2.05) is 0 Å². The Labute approximate surface area is 286 Å². The molecular formula is C40H44Cl2SiZr. The zero-order chi connectivity index (χ0) is 29.8. The third kappa shape index (κ3) is 6.35. The maximum absolute atomic E-state index is 2.64. The van der Waals surface area contributed by atoms with E-state index in [2.05, 4.69) is 158 Å². The molecule has 44 heavy (non-hydrogen) atoms. The Morgan fingerprint density at radius 1 is 0.636 bits per heavy atom. The van der Waals surface area contributed by atoms with E-state index in [0.717, 1.165) is 0 Å². The first-order valence-electron chi connectivity index (χ1n) is 15.6. The predicted molar refractivity (Wildman–Crippen MR) is 182 cm³/mol. The first-order valence-corrected chi connectivity index (χ1v) is 24.6. The van der Waals surface area contributed by atoms with Gasteiger partial charge >= 0.3 is 263 Å². The molecule has 0 fully saturated rings. The van der Waals surface area contributed by atoms with Crippen molar-refractivity contribution in [3.05, 3.63) is 130 Å². The van der Waals surface area contributed by atoms with Crippen LogP contribution in [0.4, 0.5) is 0 Å². The van der Waals surface area contributed by atoms with Crippen LogP contribution in [-0.4, -0.2) is 5.43 Å². The van der Waals surface area contributed by atoms with Gasteiger partial charge in [-0.3, -0.25) is 0 Å². The fourth-order valence-electron chi connectivity index (χ4n) is 7.25. The van der Waals surface area contributed by atoms with E-state index in [4.69, 9.17) is 0 Å². The number of halogens is 2. The second-order valence-electron chi connectivity index (χ2n) is 13.8. The second kappa shape index (κ2) is 13.8. The van der Waals surface area contributed by atoms with Gasteiger partial charge in [0.1, 0.15) is 0 Å². The molecular weight excluding hydrogens is 671 g/mol. The number of fused-ring (bicyclic) bond motifs is 2. The Morgan fingerprint density at radius 3 is 1.68 bits per heavy atom. The molecule has 4 aromatic rings. The Morgan fingerprint density at radius 2 is 1.16 bits per heavy atom. The van der Waals surface area contributed by atoms with E-state index in [0.29, 0.717) is 13.2 Å².